The van der Waals surface area contributed by atoms with Crippen molar-refractivity contribution >= 4 is 11.9 Å². The van der Waals surface area contributed by atoms with E-state index in [4.69, 9.17) is 10.8 Å². The zero-order chi connectivity index (χ0) is 14.8. The van der Waals surface area contributed by atoms with Crippen molar-refractivity contribution in [3.63, 3.8) is 0 Å². The van der Waals surface area contributed by atoms with E-state index in [1.165, 1.54) is 0 Å². The van der Waals surface area contributed by atoms with Gasteiger partial charge in [-0.15, -0.1) is 0 Å². The summed E-state index contributed by atoms with van der Waals surface area (Å²) in [4.78, 5) is 23.2. The lowest BCUT2D eigenvalue weighted by Crippen LogP contribution is -2.51. The number of hydrogen-bond acceptors (Lipinski definition) is 3. The molecule has 0 heterocycles. The van der Waals surface area contributed by atoms with Gasteiger partial charge in [-0.1, -0.05) is 30.3 Å². The number of amides is 1. The van der Waals surface area contributed by atoms with Crippen molar-refractivity contribution in [2.24, 2.45) is 11.7 Å². The van der Waals surface area contributed by atoms with Gasteiger partial charge >= 0.3 is 5.97 Å². The van der Waals surface area contributed by atoms with Crippen LogP contribution in [-0.4, -0.2) is 23.0 Å². The molecular formula is C15H20N2O3. The molecule has 3 unspecified atom stereocenters. The normalized spacial score (nSPS) is 24.9. The lowest BCUT2D eigenvalue weighted by molar-refractivity contribution is -0.141. The summed E-state index contributed by atoms with van der Waals surface area (Å²) in [6.45, 7) is 1.67. The largest absolute Gasteiger partial charge is 0.481 e. The van der Waals surface area contributed by atoms with Crippen LogP contribution >= 0.6 is 0 Å². The van der Waals surface area contributed by atoms with Crippen molar-refractivity contribution in [2.75, 3.05) is 0 Å². The highest BCUT2D eigenvalue weighted by Gasteiger charge is 2.35. The Bertz CT molecular complexity index is 499. The summed E-state index contributed by atoms with van der Waals surface area (Å²) >= 11 is 0. The predicted molar refractivity (Wildman–Crippen MR) is 74.9 cm³/mol. The molecule has 20 heavy (non-hydrogen) atoms. The van der Waals surface area contributed by atoms with E-state index in [1.54, 1.807) is 6.92 Å². The van der Waals surface area contributed by atoms with Gasteiger partial charge in [0.1, 0.15) is 5.54 Å². The highest BCUT2D eigenvalue weighted by atomic mass is 16.4. The molecule has 1 aliphatic carbocycles. The first-order valence-electron chi connectivity index (χ1n) is 6.79. The molecule has 1 aromatic rings. The maximum atomic E-state index is 12.3. The zero-order valence-electron chi connectivity index (χ0n) is 11.5. The number of benzene rings is 1. The fourth-order valence-electron chi connectivity index (χ4n) is 2.59. The molecule has 5 nitrogen and oxygen atoms in total. The van der Waals surface area contributed by atoms with Crippen LogP contribution in [0.3, 0.4) is 0 Å². The molecule has 1 aromatic carbocycles. The number of carbonyl (C=O) groups is 2. The van der Waals surface area contributed by atoms with Crippen LogP contribution in [0.4, 0.5) is 0 Å². The minimum atomic E-state index is -1.11. The molecule has 0 saturated heterocycles. The fourth-order valence-corrected chi connectivity index (χ4v) is 2.59. The van der Waals surface area contributed by atoms with Gasteiger partial charge in [-0.2, -0.15) is 0 Å². The molecule has 0 radical (unpaired) electrons. The van der Waals surface area contributed by atoms with Gasteiger partial charge in [-0.05, 0) is 31.7 Å². The number of carbonyl (C=O) groups excluding carboxylic acids is 1. The average molecular weight is 276 g/mol. The number of aliphatic carboxylic acids is 1. The highest BCUT2D eigenvalue weighted by molar-refractivity contribution is 5.87. The van der Waals surface area contributed by atoms with Crippen molar-refractivity contribution in [1.82, 2.24) is 5.32 Å². The minimum Gasteiger partial charge on any atom is -0.481 e. The maximum Gasteiger partial charge on any atom is 0.306 e. The summed E-state index contributed by atoms with van der Waals surface area (Å²) in [5.74, 6) is -1.42. The van der Waals surface area contributed by atoms with E-state index < -0.39 is 11.5 Å². The van der Waals surface area contributed by atoms with Crippen molar-refractivity contribution in [1.29, 1.82) is 0 Å². The third kappa shape index (κ3) is 2.99. The zero-order valence-corrected chi connectivity index (χ0v) is 11.5. The van der Waals surface area contributed by atoms with Crippen molar-refractivity contribution < 1.29 is 14.7 Å². The van der Waals surface area contributed by atoms with Crippen LogP contribution in [-0.2, 0) is 15.1 Å². The summed E-state index contributed by atoms with van der Waals surface area (Å²) in [6.07, 6.45) is 1.77. The molecule has 2 rings (SSSR count). The Kier molecular flexibility index (Phi) is 4.09. The molecule has 108 valence electrons. The third-order valence-corrected chi connectivity index (χ3v) is 3.96. The second kappa shape index (κ2) is 5.63. The molecular weight excluding hydrogens is 256 g/mol. The van der Waals surface area contributed by atoms with Gasteiger partial charge in [0, 0.05) is 6.04 Å². The first-order chi connectivity index (χ1) is 9.41. The van der Waals surface area contributed by atoms with Crippen LogP contribution in [0, 0.1) is 5.92 Å². The van der Waals surface area contributed by atoms with Gasteiger partial charge in [-0.3, -0.25) is 9.59 Å². The molecule has 0 aliphatic heterocycles. The van der Waals surface area contributed by atoms with Crippen LogP contribution < -0.4 is 11.1 Å². The molecule has 5 heteroatoms. The summed E-state index contributed by atoms with van der Waals surface area (Å²) in [6, 6.07) is 9.07. The minimum absolute atomic E-state index is 0.102. The van der Waals surface area contributed by atoms with Crippen LogP contribution in [0.1, 0.15) is 31.7 Å². The van der Waals surface area contributed by atoms with E-state index >= 15 is 0 Å². The van der Waals surface area contributed by atoms with Crippen molar-refractivity contribution in [2.45, 2.75) is 37.8 Å². The van der Waals surface area contributed by atoms with Gasteiger partial charge in [0.15, 0.2) is 0 Å². The number of hydrogen-bond donors (Lipinski definition) is 3. The third-order valence-electron chi connectivity index (χ3n) is 3.96. The molecule has 0 bridgehead atoms. The van der Waals surface area contributed by atoms with Crippen molar-refractivity contribution in [3.05, 3.63) is 35.9 Å². The van der Waals surface area contributed by atoms with E-state index in [0.717, 1.165) is 5.56 Å². The quantitative estimate of drug-likeness (QED) is 0.771. The second-order valence-electron chi connectivity index (χ2n) is 5.59. The van der Waals surface area contributed by atoms with E-state index in [2.05, 4.69) is 5.32 Å². The van der Waals surface area contributed by atoms with E-state index in [0.29, 0.717) is 19.3 Å². The molecule has 1 amide bonds. The second-order valence-corrected chi connectivity index (χ2v) is 5.59. The fraction of sp³-hybridized carbons (Fsp3) is 0.467. The number of nitrogens with two attached hydrogens (primary N) is 1. The molecule has 0 spiro atoms. The maximum absolute atomic E-state index is 12.3. The summed E-state index contributed by atoms with van der Waals surface area (Å²) in [7, 11) is 0. The first kappa shape index (κ1) is 14.5. The number of carboxylic acid groups (broad SMARTS) is 1. The van der Waals surface area contributed by atoms with Crippen LogP contribution in [0.25, 0.3) is 0 Å². The Morgan fingerprint density at radius 1 is 1.30 bits per heavy atom. The molecule has 1 saturated carbocycles. The Morgan fingerprint density at radius 3 is 2.50 bits per heavy atom. The molecule has 1 aliphatic rings. The van der Waals surface area contributed by atoms with Gasteiger partial charge in [0.2, 0.25) is 5.91 Å². The molecule has 3 atom stereocenters. The summed E-state index contributed by atoms with van der Waals surface area (Å²) in [5, 5.41) is 11.8. The topological polar surface area (TPSA) is 92.4 Å². The first-order valence-corrected chi connectivity index (χ1v) is 6.79. The number of nitrogens with one attached hydrogen (secondary N) is 1. The molecule has 1 fully saturated rings. The van der Waals surface area contributed by atoms with Gasteiger partial charge in [0.25, 0.3) is 0 Å². The Balaban J connectivity index is 2.00. The van der Waals surface area contributed by atoms with E-state index in [9.17, 15) is 9.59 Å². The van der Waals surface area contributed by atoms with E-state index in [1.807, 2.05) is 30.3 Å². The number of carboxylic acids is 1. The van der Waals surface area contributed by atoms with Gasteiger partial charge < -0.3 is 16.2 Å². The molecule has 4 N–H and O–H groups in total. The lowest BCUT2D eigenvalue weighted by Gasteiger charge is -2.26. The molecule has 0 aromatic heterocycles. The number of rotatable bonds is 4. The van der Waals surface area contributed by atoms with Crippen LogP contribution in [0.2, 0.25) is 0 Å². The van der Waals surface area contributed by atoms with Gasteiger partial charge in [-0.25, -0.2) is 0 Å². The van der Waals surface area contributed by atoms with Gasteiger partial charge in [0.05, 0.1) is 5.92 Å². The van der Waals surface area contributed by atoms with Crippen LogP contribution in [0.5, 0.6) is 0 Å². The SMILES string of the molecule is CC(N)(C(=O)NC1CCC(C(=O)O)C1)c1ccccc1. The Morgan fingerprint density at radius 2 is 1.95 bits per heavy atom. The average Bonchev–Trinajstić information content (AvgIpc) is 2.88. The monoisotopic (exact) mass is 276 g/mol. The highest BCUT2D eigenvalue weighted by Crippen LogP contribution is 2.27. The summed E-state index contributed by atoms with van der Waals surface area (Å²) < 4.78 is 0. The standard InChI is InChI=1S/C15H20N2O3/c1-15(16,11-5-3-2-4-6-11)14(20)17-12-8-7-10(9-12)13(18)19/h2-6,10,12H,7-9,16H2,1H3,(H,17,20)(H,18,19). The van der Waals surface area contributed by atoms with Crippen LogP contribution in [0.15, 0.2) is 30.3 Å². The smallest absolute Gasteiger partial charge is 0.306 e. The van der Waals surface area contributed by atoms with Crippen molar-refractivity contribution in [3.8, 4) is 0 Å². The summed E-state index contributed by atoms with van der Waals surface area (Å²) in [5.41, 5.74) is 5.76. The Hall–Kier alpha value is -1.88. The van der Waals surface area contributed by atoms with E-state index in [-0.39, 0.29) is 17.9 Å². The lowest BCUT2D eigenvalue weighted by atomic mass is 9.92. The predicted octanol–water partition coefficient (Wildman–Crippen LogP) is 1.23. The Labute approximate surface area is 118 Å².